The fraction of sp³-hybridized carbons (Fsp3) is 1.00. The van der Waals surface area contributed by atoms with Crippen LogP contribution in [0.4, 0.5) is 0 Å². The van der Waals surface area contributed by atoms with Gasteiger partial charge in [-0.25, -0.2) is 0 Å². The number of hydrogen-bond acceptors (Lipinski definition) is 0. The molecule has 5 saturated carbocycles. The third-order valence-corrected chi connectivity index (χ3v) is 12.4. The van der Waals surface area contributed by atoms with Crippen LogP contribution in [0.25, 0.3) is 0 Å². The molecule has 0 spiro atoms. The minimum Gasteiger partial charge on any atom is -0.0619 e. The first-order valence-electron chi connectivity index (χ1n) is 9.98. The predicted octanol–water partition coefficient (Wildman–Crippen LogP) is 6.01. The van der Waals surface area contributed by atoms with Gasteiger partial charge >= 0.3 is 0 Å². The molecule has 0 saturated heterocycles. The summed E-state index contributed by atoms with van der Waals surface area (Å²) < 4.78 is 0. The first-order valence-corrected chi connectivity index (χ1v) is 9.98. The van der Waals surface area contributed by atoms with Crippen LogP contribution >= 0.6 is 0 Å². The fourth-order valence-electron chi connectivity index (χ4n) is 9.91. The highest BCUT2D eigenvalue weighted by Gasteiger charge is 2.86. The quantitative estimate of drug-likeness (QED) is 0.513. The van der Waals surface area contributed by atoms with Crippen molar-refractivity contribution in [2.75, 3.05) is 0 Å². The summed E-state index contributed by atoms with van der Waals surface area (Å²) >= 11 is 0. The largest absolute Gasteiger partial charge is 0.0619 e. The van der Waals surface area contributed by atoms with E-state index in [4.69, 9.17) is 0 Å². The average molecular weight is 301 g/mol. The van der Waals surface area contributed by atoms with Gasteiger partial charge in [-0.05, 0) is 81.8 Å². The third kappa shape index (κ3) is 0.912. The summed E-state index contributed by atoms with van der Waals surface area (Å²) in [7, 11) is 0. The topological polar surface area (TPSA) is 0 Å². The summed E-state index contributed by atoms with van der Waals surface area (Å²) in [5.74, 6) is 5.91. The Morgan fingerprint density at radius 3 is 1.77 bits per heavy atom. The molecule has 0 heterocycles. The van der Waals surface area contributed by atoms with E-state index in [1.165, 1.54) is 12.8 Å². The molecule has 2 bridgehead atoms. The van der Waals surface area contributed by atoms with Crippen LogP contribution < -0.4 is 0 Å². The van der Waals surface area contributed by atoms with Crippen LogP contribution in [0.15, 0.2) is 0 Å². The van der Waals surface area contributed by atoms with Crippen molar-refractivity contribution in [2.45, 2.75) is 74.7 Å². The molecule has 5 aliphatic rings. The molecule has 5 fully saturated rings. The standard InChI is InChI=1S/C22H36/c1-12-9-14-17-16-11-19(5)15(10-20(16,19)6)13(2)18(3,4)22(17,8)21(12,14)7/h12-17H,9-11H2,1-8H3. The maximum Gasteiger partial charge on any atom is -0.0179 e. The molecule has 5 aliphatic carbocycles. The summed E-state index contributed by atoms with van der Waals surface area (Å²) in [6.45, 7) is 21.2. The highest BCUT2D eigenvalue weighted by Crippen LogP contribution is 2.92. The van der Waals surface area contributed by atoms with Crippen molar-refractivity contribution in [3.05, 3.63) is 0 Å². The molecule has 0 amide bonds. The van der Waals surface area contributed by atoms with Crippen LogP contribution in [-0.2, 0) is 0 Å². The zero-order chi connectivity index (χ0) is 16.1. The van der Waals surface area contributed by atoms with E-state index in [-0.39, 0.29) is 0 Å². The smallest absolute Gasteiger partial charge is 0.0179 e. The molecule has 5 rings (SSSR count). The van der Waals surface area contributed by atoms with Crippen LogP contribution in [-0.4, -0.2) is 0 Å². The molecule has 0 radical (unpaired) electrons. The summed E-state index contributed by atoms with van der Waals surface area (Å²) in [6.07, 6.45) is 4.61. The van der Waals surface area contributed by atoms with E-state index >= 15 is 0 Å². The Kier molecular flexibility index (Phi) is 2.11. The predicted molar refractivity (Wildman–Crippen MR) is 92.3 cm³/mol. The van der Waals surface area contributed by atoms with Gasteiger partial charge in [-0.15, -0.1) is 0 Å². The second-order valence-corrected chi connectivity index (χ2v) is 11.7. The van der Waals surface area contributed by atoms with Crippen molar-refractivity contribution in [1.82, 2.24) is 0 Å². The van der Waals surface area contributed by atoms with Crippen molar-refractivity contribution in [3.8, 4) is 0 Å². The van der Waals surface area contributed by atoms with E-state index in [0.29, 0.717) is 27.1 Å². The van der Waals surface area contributed by atoms with Gasteiger partial charge < -0.3 is 0 Å². The van der Waals surface area contributed by atoms with Gasteiger partial charge in [-0.3, -0.25) is 0 Å². The minimum absolute atomic E-state index is 0.490. The van der Waals surface area contributed by atoms with E-state index in [0.717, 1.165) is 35.5 Å². The molecule has 124 valence electrons. The highest BCUT2D eigenvalue weighted by molar-refractivity contribution is 5.34. The fourth-order valence-corrected chi connectivity index (χ4v) is 9.91. The Morgan fingerprint density at radius 2 is 1.27 bits per heavy atom. The lowest BCUT2D eigenvalue weighted by molar-refractivity contribution is -0.432. The number of hydrogen-bond donors (Lipinski definition) is 0. The van der Waals surface area contributed by atoms with Crippen LogP contribution in [0, 0.1) is 62.6 Å². The van der Waals surface area contributed by atoms with E-state index in [9.17, 15) is 0 Å². The van der Waals surface area contributed by atoms with Gasteiger partial charge in [0.2, 0.25) is 0 Å². The summed E-state index contributed by atoms with van der Waals surface area (Å²) in [5.41, 5.74) is 3.05. The molecular weight excluding hydrogens is 264 g/mol. The van der Waals surface area contributed by atoms with Gasteiger partial charge in [0.05, 0.1) is 0 Å². The van der Waals surface area contributed by atoms with Crippen molar-refractivity contribution >= 4 is 0 Å². The SMILES string of the molecule is CC1C2CC3(C)C(CC23C)C2C3CC(C)C3(C)C2(C)C1(C)C. The van der Waals surface area contributed by atoms with Gasteiger partial charge in [0, 0.05) is 0 Å². The number of fused-ring (bicyclic) bond motifs is 7. The molecule has 10 unspecified atom stereocenters. The molecule has 0 nitrogen and oxygen atoms in total. The van der Waals surface area contributed by atoms with Crippen LogP contribution in [0.5, 0.6) is 0 Å². The number of rotatable bonds is 0. The zero-order valence-corrected chi connectivity index (χ0v) is 16.1. The molecule has 0 aliphatic heterocycles. The Morgan fingerprint density at radius 1 is 0.727 bits per heavy atom. The minimum atomic E-state index is 0.490. The van der Waals surface area contributed by atoms with E-state index in [1.54, 1.807) is 6.42 Å². The zero-order valence-electron chi connectivity index (χ0n) is 16.1. The Labute approximate surface area is 137 Å². The van der Waals surface area contributed by atoms with Gasteiger partial charge in [-0.2, -0.15) is 0 Å². The average Bonchev–Trinajstić information content (AvgIpc) is 2.47. The van der Waals surface area contributed by atoms with Crippen molar-refractivity contribution < 1.29 is 0 Å². The second-order valence-electron chi connectivity index (χ2n) is 11.7. The maximum atomic E-state index is 2.73. The third-order valence-electron chi connectivity index (χ3n) is 12.4. The maximum absolute atomic E-state index is 2.73. The van der Waals surface area contributed by atoms with Crippen LogP contribution in [0.1, 0.15) is 74.7 Å². The lowest BCUT2D eigenvalue weighted by atomic mass is 9.13. The van der Waals surface area contributed by atoms with Crippen molar-refractivity contribution in [1.29, 1.82) is 0 Å². The molecule has 0 N–H and O–H groups in total. The van der Waals surface area contributed by atoms with Crippen molar-refractivity contribution in [2.24, 2.45) is 62.6 Å². The Hall–Kier alpha value is 0. The van der Waals surface area contributed by atoms with E-state index in [2.05, 4.69) is 55.4 Å². The monoisotopic (exact) mass is 300 g/mol. The summed E-state index contributed by atoms with van der Waals surface area (Å²) in [5, 5.41) is 0. The van der Waals surface area contributed by atoms with Gasteiger partial charge in [-0.1, -0.05) is 55.4 Å². The van der Waals surface area contributed by atoms with Crippen LogP contribution in [0.3, 0.4) is 0 Å². The molecular formula is C22H36. The lowest BCUT2D eigenvalue weighted by Crippen LogP contribution is -2.85. The van der Waals surface area contributed by atoms with E-state index in [1.807, 2.05) is 0 Å². The van der Waals surface area contributed by atoms with Crippen LogP contribution in [0.2, 0.25) is 0 Å². The van der Waals surface area contributed by atoms with Gasteiger partial charge in [0.15, 0.2) is 0 Å². The molecule has 0 aromatic heterocycles. The molecule has 0 aromatic carbocycles. The Bertz CT molecular complexity index is 575. The normalized spacial score (nSPS) is 73.1. The molecule has 10 atom stereocenters. The first kappa shape index (κ1) is 14.4. The summed E-state index contributed by atoms with van der Waals surface area (Å²) in [4.78, 5) is 0. The molecule has 0 aromatic rings. The lowest BCUT2D eigenvalue weighted by Gasteiger charge is -2.91. The Balaban J connectivity index is 1.69. The second kappa shape index (κ2) is 3.23. The highest BCUT2D eigenvalue weighted by atomic mass is 14.9. The van der Waals surface area contributed by atoms with Gasteiger partial charge in [0.25, 0.3) is 0 Å². The summed E-state index contributed by atoms with van der Waals surface area (Å²) in [6, 6.07) is 0. The molecule has 0 heteroatoms. The van der Waals surface area contributed by atoms with Crippen molar-refractivity contribution in [3.63, 3.8) is 0 Å². The van der Waals surface area contributed by atoms with Gasteiger partial charge in [0.1, 0.15) is 0 Å². The molecule has 22 heavy (non-hydrogen) atoms. The first-order chi connectivity index (χ1) is 9.98. The van der Waals surface area contributed by atoms with E-state index < -0.39 is 0 Å².